The fourth-order valence-electron chi connectivity index (χ4n) is 14.0. The fourth-order valence-corrected chi connectivity index (χ4v) is 14.0. The van der Waals surface area contributed by atoms with E-state index in [1.807, 2.05) is 0 Å². The van der Waals surface area contributed by atoms with Gasteiger partial charge in [-0.3, -0.25) is 43.2 Å². The van der Waals surface area contributed by atoms with Crippen LogP contribution in [0.25, 0.3) is 0 Å². The van der Waals surface area contributed by atoms with Gasteiger partial charge < -0.3 is 106 Å². The van der Waals surface area contributed by atoms with Crippen LogP contribution in [0.2, 0.25) is 0 Å². The van der Waals surface area contributed by atoms with E-state index in [0.717, 1.165) is 30.0 Å². The summed E-state index contributed by atoms with van der Waals surface area (Å²) in [5.41, 5.74) is -4.97. The van der Waals surface area contributed by atoms with Crippen molar-refractivity contribution in [3.63, 3.8) is 0 Å². The lowest BCUT2D eigenvalue weighted by Gasteiger charge is -2.41. The smallest absolute Gasteiger partial charge is 0.348 e. The van der Waals surface area contributed by atoms with Crippen LogP contribution in [0.3, 0.4) is 0 Å². The Morgan fingerprint density at radius 3 is 1.05 bits per heavy atom. The Kier molecular flexibility index (Phi) is 32.3. The molecule has 6 aliphatic rings. The number of nitrogens with zero attached hydrogens (tertiary/aromatic N) is 7. The first-order valence-corrected chi connectivity index (χ1v) is 39.3. The second-order valence-corrected chi connectivity index (χ2v) is 30.7. The Bertz CT molecular complexity index is 5120. The highest BCUT2D eigenvalue weighted by Gasteiger charge is 2.50. The maximum absolute atomic E-state index is 14.6. The average molecular weight is 1860 g/mol. The van der Waals surface area contributed by atoms with Crippen molar-refractivity contribution < 1.29 is 174 Å². The van der Waals surface area contributed by atoms with E-state index >= 15 is 0 Å². The molecule has 6 saturated heterocycles. The van der Waals surface area contributed by atoms with E-state index in [9.17, 15) is 141 Å². The summed E-state index contributed by atoms with van der Waals surface area (Å²) in [6.07, 6.45) is -11.4. The Morgan fingerprint density at radius 2 is 0.723 bits per heavy atom. The minimum Gasteiger partial charge on any atom is -0.505 e. The number of rotatable bonds is 15. The molecule has 0 aliphatic carbocycles. The van der Waals surface area contributed by atoms with Gasteiger partial charge in [-0.2, -0.15) is 54.5 Å². The maximum Gasteiger partial charge on any atom is 0.348 e. The quantitative estimate of drug-likeness (QED) is 0.0271. The van der Waals surface area contributed by atoms with E-state index in [0.29, 0.717) is 0 Å². The molecule has 12 rings (SSSR count). The number of hydrogen-bond acceptors (Lipinski definition) is 31. The van der Waals surface area contributed by atoms with E-state index in [-0.39, 0.29) is 39.6 Å². The first-order valence-electron chi connectivity index (χ1n) is 39.3. The van der Waals surface area contributed by atoms with Crippen molar-refractivity contribution in [2.75, 3.05) is 46.7 Å². The molecular weight excluding hydrogens is 1770 g/mol. The Balaban J connectivity index is 0.000000203. The molecule has 130 heavy (non-hydrogen) atoms. The van der Waals surface area contributed by atoms with Crippen molar-refractivity contribution >= 4 is 71.1 Å². The molecule has 18 atom stereocenters. The summed E-state index contributed by atoms with van der Waals surface area (Å²) in [6, 6.07) is -5.81. The number of halogens is 12. The molecule has 39 nitrogen and oxygen atoms in total. The van der Waals surface area contributed by atoms with Gasteiger partial charge in [-0.25, -0.2) is 42.5 Å². The summed E-state index contributed by atoms with van der Waals surface area (Å²) in [5, 5.41) is 79.5. The topological polar surface area (TPSA) is 556 Å². The second-order valence-electron chi connectivity index (χ2n) is 30.7. The first-order chi connectivity index (χ1) is 61.3. The lowest BCUT2D eigenvalue weighted by atomic mass is 9.89. The molecule has 0 aromatic carbocycles. The van der Waals surface area contributed by atoms with Crippen LogP contribution in [0.1, 0.15) is 89.7 Å². The number of likely N-dealkylation sites (N-methyl/N-ethyl adjacent to an activating group) is 1. The van der Waals surface area contributed by atoms with Crippen LogP contribution >= 0.6 is 0 Å². The van der Waals surface area contributed by atoms with Gasteiger partial charge in [0.2, 0.25) is 70.9 Å². The predicted octanol–water partition coefficient (Wildman–Crippen LogP) is -0.317. The van der Waals surface area contributed by atoms with Gasteiger partial charge in [0.25, 0.3) is 35.6 Å². The van der Waals surface area contributed by atoms with Crippen LogP contribution in [-0.2, 0) is 95.6 Å². The van der Waals surface area contributed by atoms with Crippen molar-refractivity contribution in [1.82, 2.24) is 72.0 Å². The lowest BCUT2D eigenvalue weighted by Crippen LogP contribution is -2.62. The standard InChI is InChI=1S/C27H29F4N5O8.C26H27F4N5O8.C26H26F4N4O9/c1-10-21(38)14(7-13-16(28)17(29)23(31)35-22(13)30)33-24(39)18(34-25(40)19-15(37)5-4-6-32-19)11(2)44-27(42)20(12-8-43-9-12)36(3)26(10)41;1-9-20(37)13(6-12-15(27)16(28)22(30)35-21(12)29)32-24(39)17(33-25(40)19-14(36)4-3-5-31-19)10(2)43-26(41)18(34-23(9)38)11-7-42-8-11;1-9-19(36)13(6-12-15(27)16(28)22(30)34-21(12)29)32-23(37)17(33-24(38)18-14(35)4-3-5-31-18)10(2)42-26(40)20(43-25(9)39)11-7-41-8-11/h4-6,10-12,14,18,20-21,37-38H,7-9H2,1-3H3,(H,33,39)(H,34,40);3-5,9-11,13,17-18,20,36-37H,6-8H2,1-2H3,(H,32,39)(H,33,40)(H,34,38);3-5,9-11,13,17,19-20,35-36H,6-8H2,1-2H3,(H,32,37)(H,33,38)/t10-,11-,14+,18+,20?,21+;9-,10-,13+,17+,18?,20+;9-,10-,13+,17+,19+,20?/m111/s1. The Hall–Kier alpha value is -13.1. The van der Waals surface area contributed by atoms with E-state index in [2.05, 4.69) is 67.1 Å². The van der Waals surface area contributed by atoms with Gasteiger partial charge in [0.05, 0.1) is 99.8 Å². The minimum atomic E-state index is -2.12. The third-order valence-corrected chi connectivity index (χ3v) is 21.9. The SMILES string of the molecule is C[C@H]1OC(=O)C(C2COC2)N(C)C(=O)[C@H](C)[C@H](O)[C@H](Cc2c(F)nc(F)c(F)c2F)NC(=O)[C@H]1NC(=O)c1ncccc1O.C[C@H]1OC(=O)C(C2COC2)NC(=O)[C@H](C)[C@H](O)[C@H](Cc2c(F)nc(F)c(F)c2F)NC(=O)[C@H]1NC(=O)c1ncccc1O.C[C@H]1OC(=O)C(C2COC2)OC(=O)[C@H](C)[C@H](O)[C@H](Cc2c(F)nc(F)c(F)c2F)NC(=O)[C@H]1NC(=O)c1ncccc1O. The molecular formula is C79H82F12N14O25. The van der Waals surface area contributed by atoms with Gasteiger partial charge in [-0.15, -0.1) is 0 Å². The zero-order valence-corrected chi connectivity index (χ0v) is 68.8. The van der Waals surface area contributed by atoms with E-state index < -0.39 is 339 Å². The summed E-state index contributed by atoms with van der Waals surface area (Å²) in [6.45, 7) is 7.45. The summed E-state index contributed by atoms with van der Waals surface area (Å²) >= 11 is 0. The van der Waals surface area contributed by atoms with E-state index in [1.165, 1.54) is 78.5 Å². The lowest BCUT2D eigenvalue weighted by molar-refractivity contribution is -0.192. The highest BCUT2D eigenvalue weighted by atomic mass is 19.2. The summed E-state index contributed by atoms with van der Waals surface area (Å²) in [4.78, 5) is 179. The van der Waals surface area contributed by atoms with Crippen LogP contribution in [0.5, 0.6) is 17.2 Å². The molecule has 12 heterocycles. The molecule has 0 saturated carbocycles. The van der Waals surface area contributed by atoms with Gasteiger partial charge in [-0.1, -0.05) is 13.8 Å². The number of aromatic nitrogens is 6. The van der Waals surface area contributed by atoms with Gasteiger partial charge in [0, 0.05) is 73.4 Å². The Morgan fingerprint density at radius 1 is 0.400 bits per heavy atom. The van der Waals surface area contributed by atoms with Crippen molar-refractivity contribution in [3.05, 3.63) is 159 Å². The van der Waals surface area contributed by atoms with E-state index in [4.69, 9.17) is 33.2 Å². The predicted molar refractivity (Wildman–Crippen MR) is 404 cm³/mol. The molecule has 6 aromatic rings. The number of aliphatic hydroxyl groups is 3. The molecule has 702 valence electrons. The summed E-state index contributed by atoms with van der Waals surface area (Å²) in [5.74, 6) is -44.4. The third kappa shape index (κ3) is 22.4. The number of aliphatic hydroxyl groups excluding tert-OH is 3. The normalized spacial score (nSPS) is 27.1. The molecule has 51 heteroatoms. The van der Waals surface area contributed by atoms with Crippen molar-refractivity contribution in [2.45, 2.75) is 152 Å². The molecule has 13 N–H and O–H groups in total. The number of cyclic esters (lactones) is 4. The van der Waals surface area contributed by atoms with Gasteiger partial charge in [0.15, 0.2) is 34.5 Å². The number of nitrogens with one attached hydrogen (secondary N) is 7. The van der Waals surface area contributed by atoms with Crippen LogP contribution in [-0.4, -0.2) is 274 Å². The molecule has 0 bridgehead atoms. The number of amides is 8. The number of hydrogen-bond donors (Lipinski definition) is 13. The van der Waals surface area contributed by atoms with Gasteiger partial charge in [0.1, 0.15) is 65.8 Å². The number of pyridine rings is 6. The number of carbonyl (C=O) groups is 12. The van der Waals surface area contributed by atoms with Gasteiger partial charge >= 0.3 is 23.9 Å². The van der Waals surface area contributed by atoms with Crippen molar-refractivity contribution in [2.24, 2.45) is 35.5 Å². The number of ether oxygens (including phenoxy) is 7. The molecule has 0 spiro atoms. The largest absolute Gasteiger partial charge is 0.505 e. The zero-order valence-electron chi connectivity index (χ0n) is 68.8. The highest BCUT2D eigenvalue weighted by molar-refractivity contribution is 6.01. The third-order valence-electron chi connectivity index (χ3n) is 21.9. The average Bonchev–Trinajstić information content (AvgIpc) is 0.787. The summed E-state index contributed by atoms with van der Waals surface area (Å²) in [7, 11) is 1.27. The molecule has 8 amide bonds. The number of aromatic hydroxyl groups is 3. The van der Waals surface area contributed by atoms with Crippen LogP contribution in [0.4, 0.5) is 52.7 Å². The minimum absolute atomic E-state index is 0.00226. The van der Waals surface area contributed by atoms with Crippen LogP contribution < -0.4 is 37.2 Å². The second kappa shape index (κ2) is 42.4. The molecule has 0 radical (unpaired) electrons. The number of esters is 4. The maximum atomic E-state index is 14.6. The van der Waals surface area contributed by atoms with E-state index in [1.54, 1.807) is 0 Å². The Labute approximate surface area is 725 Å². The van der Waals surface area contributed by atoms with Crippen molar-refractivity contribution in [3.8, 4) is 17.2 Å². The highest BCUT2D eigenvalue weighted by Crippen LogP contribution is 2.32. The summed E-state index contributed by atoms with van der Waals surface area (Å²) < 4.78 is 206. The molecule has 6 aliphatic heterocycles. The fraction of sp³-hybridized carbons (Fsp3) is 0.468. The van der Waals surface area contributed by atoms with Crippen LogP contribution in [0, 0.1) is 106 Å². The zero-order chi connectivity index (χ0) is 95.6. The monoisotopic (exact) mass is 1850 g/mol. The van der Waals surface area contributed by atoms with Gasteiger partial charge in [-0.05, 0) is 64.1 Å². The molecule has 6 aromatic heterocycles. The molecule has 6 fully saturated rings. The first kappa shape index (κ1) is 99.0. The van der Waals surface area contributed by atoms with Crippen LogP contribution in [0.15, 0.2) is 55.0 Å². The number of carbonyl (C=O) groups excluding carboxylic acids is 12. The van der Waals surface area contributed by atoms with Crippen molar-refractivity contribution in [1.29, 1.82) is 0 Å². The molecule has 3 unspecified atom stereocenters.